The fourth-order valence-corrected chi connectivity index (χ4v) is 2.10. The van der Waals surface area contributed by atoms with E-state index in [2.05, 4.69) is 22.2 Å². The van der Waals surface area contributed by atoms with Gasteiger partial charge in [0, 0.05) is 5.56 Å². The highest BCUT2D eigenvalue weighted by Crippen LogP contribution is 2.19. The first-order valence-corrected chi connectivity index (χ1v) is 6.55. The molecule has 0 bridgehead atoms. The molecular weight excluding hydrogens is 230 g/mol. The van der Waals surface area contributed by atoms with Crippen LogP contribution < -0.4 is 0 Å². The summed E-state index contributed by atoms with van der Waals surface area (Å²) in [5.74, 6) is 0. The molecule has 2 heterocycles. The average molecular weight is 241 g/mol. The Labute approximate surface area is 104 Å². The van der Waals surface area contributed by atoms with Crippen LogP contribution >= 0.6 is 11.8 Å². The third kappa shape index (κ3) is 1.91. The van der Waals surface area contributed by atoms with Crippen molar-refractivity contribution < 1.29 is 0 Å². The van der Waals surface area contributed by atoms with Gasteiger partial charge in [0.25, 0.3) is 0 Å². The summed E-state index contributed by atoms with van der Waals surface area (Å²) in [6.07, 6.45) is 3.98. The number of benzene rings is 1. The van der Waals surface area contributed by atoms with Gasteiger partial charge in [-0.1, -0.05) is 30.3 Å². The fourth-order valence-electron chi connectivity index (χ4n) is 1.72. The predicted molar refractivity (Wildman–Crippen MR) is 70.2 cm³/mol. The van der Waals surface area contributed by atoms with Crippen LogP contribution in [0.15, 0.2) is 53.7 Å². The number of aromatic nitrogens is 3. The first kappa shape index (κ1) is 10.4. The minimum atomic E-state index is 0.877. The average Bonchev–Trinajstić information content (AvgIpc) is 2.82. The summed E-state index contributed by atoms with van der Waals surface area (Å²) in [4.78, 5) is 4.55. The molecule has 1 aromatic carbocycles. The number of hydrogen-bond donors (Lipinski definition) is 0. The minimum Gasteiger partial charge on any atom is -0.227 e. The number of fused-ring (bicyclic) bond motifs is 1. The van der Waals surface area contributed by atoms with Gasteiger partial charge < -0.3 is 0 Å². The van der Waals surface area contributed by atoms with Gasteiger partial charge in [-0.25, -0.2) is 9.50 Å². The third-order valence-corrected chi connectivity index (χ3v) is 3.21. The van der Waals surface area contributed by atoms with Crippen LogP contribution in [0.4, 0.5) is 0 Å². The van der Waals surface area contributed by atoms with Gasteiger partial charge in [-0.15, -0.1) is 11.8 Å². The number of nitrogens with zero attached hydrogens (tertiary/aromatic N) is 3. The maximum atomic E-state index is 4.55. The quantitative estimate of drug-likeness (QED) is 0.646. The predicted octanol–water partition coefficient (Wildman–Crippen LogP) is 3.12. The summed E-state index contributed by atoms with van der Waals surface area (Å²) < 4.78 is 1.83. The van der Waals surface area contributed by atoms with Crippen molar-refractivity contribution in [3.8, 4) is 11.3 Å². The molecule has 0 spiro atoms. The third-order valence-electron chi connectivity index (χ3n) is 2.57. The van der Waals surface area contributed by atoms with E-state index in [0.717, 1.165) is 21.9 Å². The molecule has 0 aliphatic carbocycles. The first-order valence-electron chi connectivity index (χ1n) is 5.33. The topological polar surface area (TPSA) is 30.2 Å². The van der Waals surface area contributed by atoms with E-state index in [9.17, 15) is 0 Å². The van der Waals surface area contributed by atoms with Crippen molar-refractivity contribution in [3.63, 3.8) is 0 Å². The molecule has 0 saturated carbocycles. The van der Waals surface area contributed by atoms with Crippen LogP contribution in [0.3, 0.4) is 0 Å². The monoisotopic (exact) mass is 241 g/mol. The molecule has 3 aromatic rings. The second kappa shape index (κ2) is 4.22. The Bertz CT molecular complexity index is 646. The lowest BCUT2D eigenvalue weighted by atomic mass is 10.2. The largest absolute Gasteiger partial charge is 0.227 e. The molecule has 0 atom stereocenters. The lowest BCUT2D eigenvalue weighted by Crippen LogP contribution is -1.90. The van der Waals surface area contributed by atoms with Gasteiger partial charge in [0.1, 0.15) is 5.03 Å². The van der Waals surface area contributed by atoms with Gasteiger partial charge in [-0.3, -0.25) is 0 Å². The van der Waals surface area contributed by atoms with Gasteiger partial charge >= 0.3 is 0 Å². The van der Waals surface area contributed by atoms with Gasteiger partial charge in [0.05, 0.1) is 11.9 Å². The van der Waals surface area contributed by atoms with Crippen LogP contribution in [0.25, 0.3) is 16.9 Å². The molecule has 3 nitrogen and oxygen atoms in total. The maximum absolute atomic E-state index is 4.55. The van der Waals surface area contributed by atoms with Crippen molar-refractivity contribution in [2.45, 2.75) is 5.03 Å². The normalized spacial score (nSPS) is 10.9. The van der Waals surface area contributed by atoms with Crippen LogP contribution in [0.5, 0.6) is 0 Å². The van der Waals surface area contributed by atoms with E-state index in [1.54, 1.807) is 11.8 Å². The summed E-state index contributed by atoms with van der Waals surface area (Å²) in [6, 6.07) is 14.1. The molecule has 17 heavy (non-hydrogen) atoms. The Hall–Kier alpha value is -1.81. The number of thioether (sulfide) groups is 1. The molecule has 4 heteroatoms. The van der Waals surface area contributed by atoms with Crippen LogP contribution in [-0.4, -0.2) is 20.9 Å². The van der Waals surface area contributed by atoms with Crippen LogP contribution in [-0.2, 0) is 0 Å². The van der Waals surface area contributed by atoms with Crippen molar-refractivity contribution in [1.29, 1.82) is 0 Å². The Balaban J connectivity index is 2.14. The number of imidazole rings is 1. The molecule has 0 amide bonds. The molecule has 0 radical (unpaired) electrons. The van der Waals surface area contributed by atoms with Crippen LogP contribution in [0, 0.1) is 0 Å². The Morgan fingerprint density at radius 2 is 1.88 bits per heavy atom. The van der Waals surface area contributed by atoms with Gasteiger partial charge in [0.2, 0.25) is 0 Å². The summed E-state index contributed by atoms with van der Waals surface area (Å²) in [6.45, 7) is 0. The zero-order valence-electron chi connectivity index (χ0n) is 9.37. The molecule has 0 saturated heterocycles. The van der Waals surface area contributed by atoms with Gasteiger partial charge in [-0.2, -0.15) is 5.10 Å². The Morgan fingerprint density at radius 1 is 1.06 bits per heavy atom. The standard InChI is InChI=1S/C13H11N3S/c1-17-13-8-7-12-14-11(9-16(12)15-13)10-5-3-2-4-6-10/h2-9H,1H3. The van der Waals surface area contributed by atoms with Crippen molar-refractivity contribution in [1.82, 2.24) is 14.6 Å². The summed E-state index contributed by atoms with van der Waals surface area (Å²) in [5.41, 5.74) is 2.95. The SMILES string of the molecule is CSc1ccc2nc(-c3ccccc3)cn2n1. The zero-order valence-corrected chi connectivity index (χ0v) is 10.2. The molecule has 0 fully saturated rings. The molecule has 0 aliphatic heterocycles. The van der Waals surface area contributed by atoms with Crippen molar-refractivity contribution in [2.75, 3.05) is 6.26 Å². The lowest BCUT2D eigenvalue weighted by Gasteiger charge is -1.94. The Morgan fingerprint density at radius 3 is 2.65 bits per heavy atom. The van der Waals surface area contributed by atoms with E-state index in [1.165, 1.54) is 0 Å². The van der Waals surface area contributed by atoms with Gasteiger partial charge in [0.15, 0.2) is 5.65 Å². The summed E-state index contributed by atoms with van der Waals surface area (Å²) in [7, 11) is 0. The highest BCUT2D eigenvalue weighted by atomic mass is 32.2. The van der Waals surface area contributed by atoms with Crippen molar-refractivity contribution >= 4 is 17.4 Å². The zero-order chi connectivity index (χ0) is 11.7. The molecule has 3 rings (SSSR count). The van der Waals surface area contributed by atoms with E-state index in [4.69, 9.17) is 0 Å². The number of hydrogen-bond acceptors (Lipinski definition) is 3. The molecule has 0 aliphatic rings. The molecule has 0 unspecified atom stereocenters. The van der Waals surface area contributed by atoms with Gasteiger partial charge in [-0.05, 0) is 18.4 Å². The van der Waals surface area contributed by atoms with Crippen molar-refractivity contribution in [2.24, 2.45) is 0 Å². The highest BCUT2D eigenvalue weighted by molar-refractivity contribution is 7.98. The van der Waals surface area contributed by atoms with E-state index in [-0.39, 0.29) is 0 Å². The molecule has 0 N–H and O–H groups in total. The Kier molecular flexibility index (Phi) is 2.57. The van der Waals surface area contributed by atoms with E-state index in [0.29, 0.717) is 0 Å². The van der Waals surface area contributed by atoms with E-state index >= 15 is 0 Å². The minimum absolute atomic E-state index is 0.877. The first-order chi connectivity index (χ1) is 8.36. The smallest absolute Gasteiger partial charge is 0.154 e. The summed E-state index contributed by atoms with van der Waals surface area (Å²) in [5, 5.41) is 5.45. The van der Waals surface area contributed by atoms with Crippen LogP contribution in [0.2, 0.25) is 0 Å². The second-order valence-corrected chi connectivity index (χ2v) is 4.50. The molecule has 2 aromatic heterocycles. The molecular formula is C13H11N3S. The second-order valence-electron chi connectivity index (χ2n) is 3.67. The van der Waals surface area contributed by atoms with E-state index < -0.39 is 0 Å². The molecule has 84 valence electrons. The van der Waals surface area contributed by atoms with Crippen LogP contribution in [0.1, 0.15) is 0 Å². The van der Waals surface area contributed by atoms with Crippen molar-refractivity contribution in [3.05, 3.63) is 48.7 Å². The lowest BCUT2D eigenvalue weighted by molar-refractivity contribution is 0.860. The fraction of sp³-hybridized carbons (Fsp3) is 0.0769. The highest BCUT2D eigenvalue weighted by Gasteiger charge is 2.04. The number of rotatable bonds is 2. The summed E-state index contributed by atoms with van der Waals surface area (Å²) >= 11 is 1.63. The maximum Gasteiger partial charge on any atom is 0.154 e. The van der Waals surface area contributed by atoms with E-state index in [1.807, 2.05) is 47.3 Å².